The van der Waals surface area contributed by atoms with E-state index in [2.05, 4.69) is 0 Å². The second-order valence-corrected chi connectivity index (χ2v) is 2.66. The molecule has 0 spiro atoms. The molecular formula is C11H14N2. The van der Waals surface area contributed by atoms with Gasteiger partial charge in [0.05, 0.1) is 0 Å². The van der Waals surface area contributed by atoms with Crippen LogP contribution in [-0.4, -0.2) is 0 Å². The lowest BCUT2D eigenvalue weighted by Gasteiger charge is -2.00. The van der Waals surface area contributed by atoms with Crippen molar-refractivity contribution in [1.82, 2.24) is 0 Å². The highest BCUT2D eigenvalue weighted by Crippen LogP contribution is 2.14. The second-order valence-electron chi connectivity index (χ2n) is 2.66. The third-order valence-electron chi connectivity index (χ3n) is 1.85. The summed E-state index contributed by atoms with van der Waals surface area (Å²) < 4.78 is 0. The molecule has 0 aliphatic rings. The molecule has 0 aromatic carbocycles. The average molecular weight is 174 g/mol. The Morgan fingerprint density at radius 2 is 1.92 bits per heavy atom. The van der Waals surface area contributed by atoms with Crippen LogP contribution in [0.15, 0.2) is 23.3 Å². The summed E-state index contributed by atoms with van der Waals surface area (Å²) in [6.45, 7) is 3.94. The van der Waals surface area contributed by atoms with Gasteiger partial charge in [0.15, 0.2) is 0 Å². The maximum absolute atomic E-state index is 8.64. The van der Waals surface area contributed by atoms with Gasteiger partial charge in [0.1, 0.15) is 17.7 Å². The summed E-state index contributed by atoms with van der Waals surface area (Å²) in [5.74, 6) is 0. The van der Waals surface area contributed by atoms with Crippen molar-refractivity contribution in [2.24, 2.45) is 0 Å². The molecule has 0 atom stereocenters. The Morgan fingerprint density at radius 3 is 2.31 bits per heavy atom. The van der Waals surface area contributed by atoms with Crippen LogP contribution in [0.3, 0.4) is 0 Å². The molecule has 0 radical (unpaired) electrons. The van der Waals surface area contributed by atoms with Crippen LogP contribution >= 0.6 is 0 Å². The van der Waals surface area contributed by atoms with Crippen molar-refractivity contribution in [3.63, 3.8) is 0 Å². The van der Waals surface area contributed by atoms with Crippen LogP contribution in [0.5, 0.6) is 0 Å². The molecule has 0 aromatic heterocycles. The van der Waals surface area contributed by atoms with Gasteiger partial charge in [-0.3, -0.25) is 0 Å². The number of nitrogens with zero attached hydrogens (tertiary/aromatic N) is 2. The molecule has 0 saturated carbocycles. The molecule has 0 aromatic rings. The zero-order valence-electron chi connectivity index (χ0n) is 8.17. The van der Waals surface area contributed by atoms with Crippen molar-refractivity contribution in [1.29, 1.82) is 10.5 Å². The summed E-state index contributed by atoms with van der Waals surface area (Å²) >= 11 is 0. The second kappa shape index (κ2) is 7.13. The van der Waals surface area contributed by atoms with Crippen molar-refractivity contribution < 1.29 is 0 Å². The zero-order valence-corrected chi connectivity index (χ0v) is 8.17. The summed E-state index contributed by atoms with van der Waals surface area (Å²) in [5, 5.41) is 17.3. The lowest BCUT2D eigenvalue weighted by molar-refractivity contribution is 0.900. The Labute approximate surface area is 79.8 Å². The van der Waals surface area contributed by atoms with E-state index in [1.54, 1.807) is 0 Å². The van der Waals surface area contributed by atoms with Crippen LogP contribution in [0.25, 0.3) is 0 Å². The average Bonchev–Trinajstić information content (AvgIpc) is 2.17. The molecule has 0 aliphatic heterocycles. The van der Waals surface area contributed by atoms with Gasteiger partial charge in [-0.25, -0.2) is 0 Å². The Hall–Kier alpha value is -1.54. The number of hydrogen-bond donors (Lipinski definition) is 0. The molecule has 0 bridgehead atoms. The van der Waals surface area contributed by atoms with Gasteiger partial charge in [0.25, 0.3) is 0 Å². The van der Waals surface area contributed by atoms with Gasteiger partial charge >= 0.3 is 0 Å². The lowest BCUT2D eigenvalue weighted by Crippen LogP contribution is -1.87. The Balaban J connectivity index is 4.43. The lowest BCUT2D eigenvalue weighted by atomic mass is 10.0. The number of rotatable bonds is 4. The summed E-state index contributed by atoms with van der Waals surface area (Å²) in [5.41, 5.74) is 1.25. The highest BCUT2D eigenvalue weighted by atomic mass is 14.3. The minimum Gasteiger partial charge on any atom is -0.192 e. The first-order chi connectivity index (χ1) is 6.29. The Kier molecular flexibility index (Phi) is 6.28. The first-order valence-electron chi connectivity index (χ1n) is 4.43. The SMILES string of the molecule is C/C=C\CCC(CC)=C(C#N)C#N. The van der Waals surface area contributed by atoms with E-state index < -0.39 is 0 Å². The monoisotopic (exact) mass is 174 g/mol. The van der Waals surface area contributed by atoms with Gasteiger partial charge in [-0.15, -0.1) is 0 Å². The number of allylic oxidation sites excluding steroid dienone is 4. The Morgan fingerprint density at radius 1 is 1.31 bits per heavy atom. The van der Waals surface area contributed by atoms with E-state index in [1.807, 2.05) is 38.1 Å². The van der Waals surface area contributed by atoms with Gasteiger partial charge in [0.2, 0.25) is 0 Å². The number of hydrogen-bond acceptors (Lipinski definition) is 2. The molecule has 0 heterocycles. The molecule has 0 saturated heterocycles. The van der Waals surface area contributed by atoms with Crippen molar-refractivity contribution in [3.8, 4) is 12.1 Å². The molecular weight excluding hydrogens is 160 g/mol. The van der Waals surface area contributed by atoms with E-state index in [1.165, 1.54) is 0 Å². The van der Waals surface area contributed by atoms with E-state index in [-0.39, 0.29) is 5.57 Å². The highest BCUT2D eigenvalue weighted by molar-refractivity contribution is 5.40. The molecule has 0 aliphatic carbocycles. The van der Waals surface area contributed by atoms with Crippen LogP contribution in [-0.2, 0) is 0 Å². The predicted molar refractivity (Wildman–Crippen MR) is 52.6 cm³/mol. The molecule has 13 heavy (non-hydrogen) atoms. The van der Waals surface area contributed by atoms with Crippen molar-refractivity contribution in [3.05, 3.63) is 23.3 Å². The molecule has 2 heteroatoms. The van der Waals surface area contributed by atoms with Gasteiger partial charge in [0, 0.05) is 0 Å². The summed E-state index contributed by atoms with van der Waals surface area (Å²) in [6, 6.07) is 3.85. The molecule has 2 nitrogen and oxygen atoms in total. The fourth-order valence-corrected chi connectivity index (χ4v) is 1.09. The van der Waals surface area contributed by atoms with Crippen LogP contribution in [0.4, 0.5) is 0 Å². The van der Waals surface area contributed by atoms with Crippen molar-refractivity contribution >= 4 is 0 Å². The molecule has 0 rings (SSSR count). The third-order valence-corrected chi connectivity index (χ3v) is 1.85. The normalized spacial score (nSPS) is 9.23. The van der Waals surface area contributed by atoms with Crippen LogP contribution < -0.4 is 0 Å². The highest BCUT2D eigenvalue weighted by Gasteiger charge is 2.02. The molecule has 0 N–H and O–H groups in total. The quantitative estimate of drug-likeness (QED) is 0.485. The van der Waals surface area contributed by atoms with Crippen molar-refractivity contribution in [2.75, 3.05) is 0 Å². The first-order valence-corrected chi connectivity index (χ1v) is 4.43. The summed E-state index contributed by atoms with van der Waals surface area (Å²) in [4.78, 5) is 0. The minimum atomic E-state index is 0.284. The van der Waals surface area contributed by atoms with Crippen LogP contribution in [0.1, 0.15) is 33.1 Å². The fourth-order valence-electron chi connectivity index (χ4n) is 1.09. The maximum Gasteiger partial charge on any atom is 0.128 e. The van der Waals surface area contributed by atoms with Gasteiger partial charge in [-0.05, 0) is 31.8 Å². The molecule has 0 amide bonds. The third kappa shape index (κ3) is 4.13. The Bertz CT molecular complexity index is 268. The summed E-state index contributed by atoms with van der Waals surface area (Å²) in [6.07, 6.45) is 6.53. The largest absolute Gasteiger partial charge is 0.192 e. The van der Waals surface area contributed by atoms with E-state index in [0.29, 0.717) is 0 Å². The summed E-state index contributed by atoms with van der Waals surface area (Å²) in [7, 11) is 0. The maximum atomic E-state index is 8.64. The van der Waals surface area contributed by atoms with E-state index in [0.717, 1.165) is 24.8 Å². The van der Waals surface area contributed by atoms with Crippen LogP contribution in [0, 0.1) is 22.7 Å². The van der Waals surface area contributed by atoms with Gasteiger partial charge in [-0.2, -0.15) is 10.5 Å². The standard InChI is InChI=1S/C11H14N2/c1-3-5-6-7-10(4-2)11(8-12)9-13/h3,5H,4,6-7H2,1-2H3/b5-3-. The first kappa shape index (κ1) is 11.5. The van der Waals surface area contributed by atoms with E-state index in [4.69, 9.17) is 10.5 Å². The minimum absolute atomic E-state index is 0.284. The predicted octanol–water partition coefficient (Wildman–Crippen LogP) is 3.10. The van der Waals surface area contributed by atoms with Gasteiger partial charge < -0.3 is 0 Å². The molecule has 0 fully saturated rings. The van der Waals surface area contributed by atoms with Gasteiger partial charge in [-0.1, -0.05) is 19.1 Å². The van der Waals surface area contributed by atoms with E-state index in [9.17, 15) is 0 Å². The van der Waals surface area contributed by atoms with E-state index >= 15 is 0 Å². The molecule has 68 valence electrons. The smallest absolute Gasteiger partial charge is 0.128 e. The van der Waals surface area contributed by atoms with Crippen molar-refractivity contribution in [2.45, 2.75) is 33.1 Å². The topological polar surface area (TPSA) is 47.6 Å². The molecule has 0 unspecified atom stereocenters. The van der Waals surface area contributed by atoms with Crippen LogP contribution in [0.2, 0.25) is 0 Å². The zero-order chi connectivity index (χ0) is 10.1. The number of nitriles is 2. The fraction of sp³-hybridized carbons (Fsp3) is 0.455.